The summed E-state index contributed by atoms with van der Waals surface area (Å²) in [4.78, 5) is 11.6. The van der Waals surface area contributed by atoms with Crippen LogP contribution < -0.4 is 4.74 Å². The molecule has 0 aliphatic heterocycles. The van der Waals surface area contributed by atoms with Crippen LogP contribution in [0.5, 0.6) is 11.5 Å². The van der Waals surface area contributed by atoms with Gasteiger partial charge >= 0.3 is 5.97 Å². The first-order valence-corrected chi connectivity index (χ1v) is 8.91. The Morgan fingerprint density at radius 3 is 2.00 bits per heavy atom. The summed E-state index contributed by atoms with van der Waals surface area (Å²) in [5.41, 5.74) is 2.01. The second-order valence-corrected chi connectivity index (χ2v) is 7.07. The van der Waals surface area contributed by atoms with Crippen LogP contribution in [0.4, 0.5) is 0 Å². The molecule has 0 spiro atoms. The normalized spacial score (nSPS) is 13.0. The highest BCUT2D eigenvalue weighted by Crippen LogP contribution is 2.46. The number of hydrogen-bond donors (Lipinski definition) is 2. The van der Waals surface area contributed by atoms with E-state index in [0.717, 1.165) is 24.0 Å². The van der Waals surface area contributed by atoms with Crippen LogP contribution in [0.1, 0.15) is 95.9 Å². The van der Waals surface area contributed by atoms with Crippen molar-refractivity contribution < 1.29 is 19.7 Å². The van der Waals surface area contributed by atoms with Gasteiger partial charge < -0.3 is 14.9 Å². The van der Waals surface area contributed by atoms with Gasteiger partial charge in [0.1, 0.15) is 11.5 Å². The van der Waals surface area contributed by atoms with Crippen LogP contribution in [-0.2, 0) is 4.79 Å². The number of carbonyl (C=O) groups is 1. The summed E-state index contributed by atoms with van der Waals surface area (Å²) in [7, 11) is 0. The summed E-state index contributed by atoms with van der Waals surface area (Å²) in [6, 6.07) is 1.63. The minimum atomic E-state index is -0.784. The van der Waals surface area contributed by atoms with E-state index >= 15 is 0 Å². The molecule has 2 N–H and O–H groups in total. The van der Waals surface area contributed by atoms with E-state index < -0.39 is 12.1 Å². The summed E-state index contributed by atoms with van der Waals surface area (Å²) in [5, 5.41) is 21.5. The first kappa shape index (κ1) is 20.5. The number of rotatable bonds is 7. The SMILES string of the molecule is CCC(CC)C(O)c1c(O)cc(C(C)C)c(OC(C)=O)c1C(C)C. The van der Waals surface area contributed by atoms with Crippen LogP contribution in [0.2, 0.25) is 0 Å². The summed E-state index contributed by atoms with van der Waals surface area (Å²) in [6.45, 7) is 13.4. The molecule has 0 aromatic heterocycles. The molecule has 0 aliphatic carbocycles. The molecule has 0 heterocycles. The second-order valence-electron chi connectivity index (χ2n) is 7.07. The van der Waals surface area contributed by atoms with Gasteiger partial charge in [0, 0.05) is 23.6 Å². The lowest BCUT2D eigenvalue weighted by atomic mass is 9.82. The topological polar surface area (TPSA) is 66.8 Å². The smallest absolute Gasteiger partial charge is 0.308 e. The van der Waals surface area contributed by atoms with Crippen LogP contribution in [0.25, 0.3) is 0 Å². The molecule has 1 rings (SSSR count). The third-order valence-electron chi connectivity index (χ3n) is 4.60. The second kappa shape index (κ2) is 8.52. The van der Waals surface area contributed by atoms with E-state index in [-0.39, 0.29) is 23.5 Å². The van der Waals surface area contributed by atoms with Crippen molar-refractivity contribution in [3.8, 4) is 11.5 Å². The van der Waals surface area contributed by atoms with Gasteiger partial charge in [-0.1, -0.05) is 54.4 Å². The van der Waals surface area contributed by atoms with Gasteiger partial charge in [0.25, 0.3) is 0 Å². The number of aliphatic hydroxyl groups excluding tert-OH is 1. The van der Waals surface area contributed by atoms with Gasteiger partial charge in [-0.2, -0.15) is 0 Å². The maximum absolute atomic E-state index is 11.6. The number of hydrogen-bond acceptors (Lipinski definition) is 4. The first-order chi connectivity index (χ1) is 11.1. The van der Waals surface area contributed by atoms with E-state index in [1.807, 2.05) is 41.5 Å². The van der Waals surface area contributed by atoms with Crippen molar-refractivity contribution in [1.29, 1.82) is 0 Å². The average molecular weight is 336 g/mol. The molecular weight excluding hydrogens is 304 g/mol. The van der Waals surface area contributed by atoms with Crippen LogP contribution in [0.15, 0.2) is 6.07 Å². The molecule has 1 aromatic rings. The third-order valence-corrected chi connectivity index (χ3v) is 4.60. The third kappa shape index (κ3) is 4.29. The molecule has 1 aromatic carbocycles. The molecule has 0 bridgehead atoms. The standard InChI is InChI=1S/C20H32O4/c1-8-14(9-2)19(23)18-16(22)10-15(11(3)4)20(24-13(7)21)17(18)12(5)6/h10-12,14,19,22-23H,8-9H2,1-7H3. The minimum absolute atomic E-state index is 0.00274. The quantitative estimate of drug-likeness (QED) is 0.541. The number of esters is 1. The summed E-state index contributed by atoms with van der Waals surface area (Å²) in [5.74, 6) is 0.309. The molecule has 0 amide bonds. The first-order valence-electron chi connectivity index (χ1n) is 8.91. The van der Waals surface area contributed by atoms with Crippen LogP contribution in [0, 0.1) is 5.92 Å². The zero-order valence-corrected chi connectivity index (χ0v) is 16.0. The lowest BCUT2D eigenvalue weighted by molar-refractivity contribution is -0.132. The fourth-order valence-electron chi connectivity index (χ4n) is 3.25. The molecule has 4 nitrogen and oxygen atoms in total. The van der Waals surface area contributed by atoms with Crippen molar-refractivity contribution >= 4 is 5.97 Å². The van der Waals surface area contributed by atoms with Crippen LogP contribution >= 0.6 is 0 Å². The number of aliphatic hydroxyl groups is 1. The number of aromatic hydroxyl groups is 1. The van der Waals surface area contributed by atoms with Gasteiger partial charge in [-0.05, 0) is 23.8 Å². The van der Waals surface area contributed by atoms with Gasteiger partial charge in [-0.3, -0.25) is 4.79 Å². The highest BCUT2D eigenvalue weighted by Gasteiger charge is 2.30. The van der Waals surface area contributed by atoms with Crippen LogP contribution in [0.3, 0.4) is 0 Å². The Bertz CT molecular complexity index is 571. The molecule has 4 heteroatoms. The predicted octanol–water partition coefficient (Wildman–Crippen LogP) is 5.03. The van der Waals surface area contributed by atoms with Gasteiger partial charge in [-0.15, -0.1) is 0 Å². The summed E-state index contributed by atoms with van der Waals surface area (Å²) < 4.78 is 5.53. The van der Waals surface area contributed by atoms with E-state index in [1.54, 1.807) is 6.07 Å². The van der Waals surface area contributed by atoms with E-state index in [2.05, 4.69) is 0 Å². The lowest BCUT2D eigenvalue weighted by Crippen LogP contribution is -2.17. The number of benzene rings is 1. The van der Waals surface area contributed by atoms with Gasteiger partial charge in [0.05, 0.1) is 6.10 Å². The highest BCUT2D eigenvalue weighted by molar-refractivity contribution is 5.72. The van der Waals surface area contributed by atoms with E-state index in [0.29, 0.717) is 11.3 Å². The number of phenolic OH excluding ortho intramolecular Hbond substituents is 1. The molecule has 0 saturated heterocycles. The molecule has 0 radical (unpaired) electrons. The maximum atomic E-state index is 11.6. The van der Waals surface area contributed by atoms with E-state index in [9.17, 15) is 15.0 Å². The number of carbonyl (C=O) groups excluding carboxylic acids is 1. The highest BCUT2D eigenvalue weighted by atomic mass is 16.5. The molecule has 136 valence electrons. The zero-order chi connectivity index (χ0) is 18.6. The fourth-order valence-corrected chi connectivity index (χ4v) is 3.25. The number of phenols is 1. The Morgan fingerprint density at radius 2 is 1.62 bits per heavy atom. The Kier molecular flexibility index (Phi) is 7.27. The van der Waals surface area contributed by atoms with Crippen molar-refractivity contribution in [2.24, 2.45) is 5.92 Å². The monoisotopic (exact) mass is 336 g/mol. The lowest BCUT2D eigenvalue weighted by Gasteiger charge is -2.28. The van der Waals surface area contributed by atoms with Gasteiger partial charge in [0.2, 0.25) is 0 Å². The summed E-state index contributed by atoms with van der Waals surface area (Å²) >= 11 is 0. The zero-order valence-electron chi connectivity index (χ0n) is 16.0. The maximum Gasteiger partial charge on any atom is 0.308 e. The van der Waals surface area contributed by atoms with Gasteiger partial charge in [-0.25, -0.2) is 0 Å². The number of ether oxygens (including phenoxy) is 1. The Balaban J connectivity index is 3.72. The van der Waals surface area contributed by atoms with E-state index in [4.69, 9.17) is 4.74 Å². The molecule has 0 aliphatic rings. The average Bonchev–Trinajstić information content (AvgIpc) is 2.48. The minimum Gasteiger partial charge on any atom is -0.508 e. The molecule has 0 fully saturated rings. The molecule has 24 heavy (non-hydrogen) atoms. The predicted molar refractivity (Wildman–Crippen MR) is 96.6 cm³/mol. The Labute approximate surface area is 145 Å². The Hall–Kier alpha value is -1.55. The van der Waals surface area contributed by atoms with Crippen molar-refractivity contribution in [3.05, 3.63) is 22.8 Å². The van der Waals surface area contributed by atoms with Crippen molar-refractivity contribution in [2.45, 2.75) is 79.2 Å². The van der Waals surface area contributed by atoms with Gasteiger partial charge in [0.15, 0.2) is 0 Å². The molecule has 0 saturated carbocycles. The van der Waals surface area contributed by atoms with Crippen molar-refractivity contribution in [2.75, 3.05) is 0 Å². The molecule has 1 unspecified atom stereocenters. The van der Waals surface area contributed by atoms with E-state index in [1.165, 1.54) is 6.92 Å². The van der Waals surface area contributed by atoms with Crippen molar-refractivity contribution in [3.63, 3.8) is 0 Å². The largest absolute Gasteiger partial charge is 0.508 e. The molecular formula is C20H32O4. The van der Waals surface area contributed by atoms with Crippen molar-refractivity contribution in [1.82, 2.24) is 0 Å². The Morgan fingerprint density at radius 1 is 1.08 bits per heavy atom. The fraction of sp³-hybridized carbons (Fsp3) is 0.650. The summed E-state index contributed by atoms with van der Waals surface area (Å²) in [6.07, 6.45) is 0.834. The van der Waals surface area contributed by atoms with Crippen LogP contribution in [-0.4, -0.2) is 16.2 Å². The molecule has 1 atom stereocenters.